The molecule has 0 aromatic heterocycles. The van der Waals surface area contributed by atoms with Gasteiger partial charge in [-0.15, -0.1) is 0 Å². The van der Waals surface area contributed by atoms with E-state index >= 15 is 0 Å². The van der Waals surface area contributed by atoms with Crippen LogP contribution >= 0.6 is 0 Å². The van der Waals surface area contributed by atoms with Crippen molar-refractivity contribution in [2.24, 2.45) is 5.92 Å². The van der Waals surface area contributed by atoms with Crippen LogP contribution in [0.15, 0.2) is 24.3 Å². The third-order valence-corrected chi connectivity index (χ3v) is 3.72. The Balaban J connectivity index is 2.13. The molecule has 2 rings (SSSR count). The van der Waals surface area contributed by atoms with Gasteiger partial charge >= 0.3 is 5.97 Å². The van der Waals surface area contributed by atoms with E-state index in [4.69, 9.17) is 4.74 Å². The van der Waals surface area contributed by atoms with Gasteiger partial charge in [-0.2, -0.15) is 0 Å². The molecule has 0 heterocycles. The van der Waals surface area contributed by atoms with Crippen LogP contribution in [0, 0.1) is 5.92 Å². The Hall–Kier alpha value is -1.64. The minimum Gasteiger partial charge on any atom is -0.450 e. The van der Waals surface area contributed by atoms with Gasteiger partial charge in [-0.25, -0.2) is 0 Å². The first-order chi connectivity index (χ1) is 9.35. The van der Waals surface area contributed by atoms with Crippen LogP contribution in [-0.4, -0.2) is 17.4 Å². The molecule has 0 N–H and O–H groups in total. The summed E-state index contributed by atoms with van der Waals surface area (Å²) in [5.74, 6) is -0.132. The first kappa shape index (κ1) is 14.8. The van der Waals surface area contributed by atoms with Gasteiger partial charge in [0.25, 0.3) is 0 Å². The third kappa shape index (κ3) is 2.92. The highest BCUT2D eigenvalue weighted by Gasteiger charge is 2.54. The SMILES string of the molecule is CC(C)C(=O)OC1(C(=O)c2ccc(C(C)C)cc2)CC1. The van der Waals surface area contributed by atoms with Crippen LogP contribution < -0.4 is 0 Å². The Kier molecular flexibility index (Phi) is 3.98. The molecule has 0 unspecified atom stereocenters. The molecular formula is C17H22O3. The van der Waals surface area contributed by atoms with Crippen LogP contribution in [0.25, 0.3) is 0 Å². The quantitative estimate of drug-likeness (QED) is 0.607. The summed E-state index contributed by atoms with van der Waals surface area (Å²) in [4.78, 5) is 24.2. The lowest BCUT2D eigenvalue weighted by Gasteiger charge is -2.17. The lowest BCUT2D eigenvalue weighted by molar-refractivity contribution is -0.152. The highest BCUT2D eigenvalue weighted by molar-refractivity contribution is 6.05. The van der Waals surface area contributed by atoms with E-state index in [1.165, 1.54) is 5.56 Å². The van der Waals surface area contributed by atoms with E-state index in [1.54, 1.807) is 13.8 Å². The zero-order valence-electron chi connectivity index (χ0n) is 12.6. The number of benzene rings is 1. The second-order valence-corrected chi connectivity index (χ2v) is 6.18. The van der Waals surface area contributed by atoms with Crippen molar-refractivity contribution < 1.29 is 14.3 Å². The van der Waals surface area contributed by atoms with Crippen molar-refractivity contribution in [2.45, 2.75) is 52.1 Å². The Morgan fingerprint density at radius 3 is 2.00 bits per heavy atom. The first-order valence-electron chi connectivity index (χ1n) is 7.23. The second kappa shape index (κ2) is 5.39. The van der Waals surface area contributed by atoms with E-state index in [-0.39, 0.29) is 17.7 Å². The maximum Gasteiger partial charge on any atom is 0.309 e. The summed E-state index contributed by atoms with van der Waals surface area (Å²) in [6, 6.07) is 7.61. The van der Waals surface area contributed by atoms with E-state index < -0.39 is 5.60 Å². The number of ketones is 1. The van der Waals surface area contributed by atoms with Gasteiger partial charge in [0, 0.05) is 5.56 Å². The molecule has 0 radical (unpaired) electrons. The molecule has 0 saturated heterocycles. The summed E-state index contributed by atoms with van der Waals surface area (Å²) in [5, 5.41) is 0. The van der Waals surface area contributed by atoms with Crippen LogP contribution in [0.5, 0.6) is 0 Å². The molecule has 108 valence electrons. The van der Waals surface area contributed by atoms with Gasteiger partial charge in [-0.1, -0.05) is 52.0 Å². The molecular weight excluding hydrogens is 252 g/mol. The summed E-state index contributed by atoms with van der Waals surface area (Å²) >= 11 is 0. The molecule has 1 aromatic rings. The summed E-state index contributed by atoms with van der Waals surface area (Å²) in [6.07, 6.45) is 1.27. The molecule has 1 aliphatic carbocycles. The van der Waals surface area contributed by atoms with Gasteiger partial charge in [0.05, 0.1) is 5.92 Å². The molecule has 1 aliphatic rings. The van der Waals surface area contributed by atoms with Crippen LogP contribution in [0.4, 0.5) is 0 Å². The Morgan fingerprint density at radius 1 is 1.05 bits per heavy atom. The van der Waals surface area contributed by atoms with Crippen molar-refractivity contribution in [3.8, 4) is 0 Å². The van der Waals surface area contributed by atoms with Crippen LogP contribution in [0.1, 0.15) is 62.4 Å². The number of esters is 1. The molecule has 0 aliphatic heterocycles. The molecule has 0 bridgehead atoms. The molecule has 1 fully saturated rings. The summed E-state index contributed by atoms with van der Waals surface area (Å²) in [5.41, 5.74) is 0.940. The van der Waals surface area contributed by atoms with Gasteiger partial charge in [-0.05, 0) is 24.3 Å². The zero-order valence-corrected chi connectivity index (χ0v) is 12.6. The molecule has 3 nitrogen and oxygen atoms in total. The number of Topliss-reactive ketones (excluding diaryl/α,β-unsaturated/α-hetero) is 1. The number of carbonyl (C=O) groups is 2. The molecule has 0 spiro atoms. The van der Waals surface area contributed by atoms with Gasteiger partial charge in [0.15, 0.2) is 5.60 Å². The van der Waals surface area contributed by atoms with Gasteiger partial charge in [-0.3, -0.25) is 9.59 Å². The number of rotatable bonds is 5. The average molecular weight is 274 g/mol. The fourth-order valence-electron chi connectivity index (χ4n) is 2.08. The minimum atomic E-state index is -0.888. The van der Waals surface area contributed by atoms with Crippen LogP contribution in [0.3, 0.4) is 0 Å². The number of hydrogen-bond acceptors (Lipinski definition) is 3. The Bertz CT molecular complexity index is 508. The van der Waals surface area contributed by atoms with Gasteiger partial charge < -0.3 is 4.74 Å². The minimum absolute atomic E-state index is 0.0678. The van der Waals surface area contributed by atoms with E-state index in [0.29, 0.717) is 24.3 Å². The fourth-order valence-corrected chi connectivity index (χ4v) is 2.08. The topological polar surface area (TPSA) is 43.4 Å². The van der Waals surface area contributed by atoms with Crippen molar-refractivity contribution >= 4 is 11.8 Å². The van der Waals surface area contributed by atoms with Gasteiger partial charge in [0.2, 0.25) is 5.78 Å². The maximum atomic E-state index is 12.5. The number of ether oxygens (including phenoxy) is 1. The normalized spacial score (nSPS) is 16.3. The van der Waals surface area contributed by atoms with Crippen LogP contribution in [0.2, 0.25) is 0 Å². The largest absolute Gasteiger partial charge is 0.450 e. The standard InChI is InChI=1S/C17H22O3/c1-11(2)13-5-7-14(8-6-13)15(18)17(9-10-17)20-16(19)12(3)4/h5-8,11-12H,9-10H2,1-4H3. The predicted octanol–water partition coefficient (Wildman–Crippen LogP) is 3.72. The molecule has 0 atom stereocenters. The highest BCUT2D eigenvalue weighted by Crippen LogP contribution is 2.43. The van der Waals surface area contributed by atoms with Crippen molar-refractivity contribution in [1.29, 1.82) is 0 Å². The van der Waals surface area contributed by atoms with E-state index in [2.05, 4.69) is 13.8 Å². The first-order valence-corrected chi connectivity index (χ1v) is 7.23. The molecule has 0 amide bonds. The van der Waals surface area contributed by atoms with Crippen LogP contribution in [-0.2, 0) is 9.53 Å². The summed E-state index contributed by atoms with van der Waals surface area (Å²) in [6.45, 7) is 7.79. The predicted molar refractivity (Wildman–Crippen MR) is 77.8 cm³/mol. The van der Waals surface area contributed by atoms with Gasteiger partial charge in [0.1, 0.15) is 0 Å². The molecule has 20 heavy (non-hydrogen) atoms. The van der Waals surface area contributed by atoms with E-state index in [1.807, 2.05) is 24.3 Å². The fraction of sp³-hybridized carbons (Fsp3) is 0.529. The van der Waals surface area contributed by atoms with Crippen molar-refractivity contribution in [2.75, 3.05) is 0 Å². The average Bonchev–Trinajstić information content (AvgIpc) is 3.18. The lowest BCUT2D eigenvalue weighted by Crippen LogP contribution is -2.31. The van der Waals surface area contributed by atoms with Crippen molar-refractivity contribution in [1.82, 2.24) is 0 Å². The number of hydrogen-bond donors (Lipinski definition) is 0. The summed E-state index contributed by atoms with van der Waals surface area (Å²) < 4.78 is 5.42. The highest BCUT2D eigenvalue weighted by atomic mass is 16.6. The molecule has 3 heteroatoms. The molecule has 1 saturated carbocycles. The summed E-state index contributed by atoms with van der Waals surface area (Å²) in [7, 11) is 0. The number of carbonyl (C=O) groups excluding carboxylic acids is 2. The monoisotopic (exact) mass is 274 g/mol. The van der Waals surface area contributed by atoms with Crippen molar-refractivity contribution in [3.63, 3.8) is 0 Å². The third-order valence-electron chi connectivity index (χ3n) is 3.72. The Morgan fingerprint density at radius 2 is 1.60 bits per heavy atom. The second-order valence-electron chi connectivity index (χ2n) is 6.18. The van der Waals surface area contributed by atoms with Crippen molar-refractivity contribution in [3.05, 3.63) is 35.4 Å². The smallest absolute Gasteiger partial charge is 0.309 e. The Labute approximate surface area is 120 Å². The van der Waals surface area contributed by atoms with E-state index in [9.17, 15) is 9.59 Å². The lowest BCUT2D eigenvalue weighted by atomic mass is 9.98. The van der Waals surface area contributed by atoms with E-state index in [0.717, 1.165) is 0 Å². The zero-order chi connectivity index (χ0) is 14.9. The maximum absolute atomic E-state index is 12.5. The molecule has 1 aromatic carbocycles.